The van der Waals surface area contributed by atoms with Crippen molar-refractivity contribution >= 4 is 10.9 Å². The SMILES string of the molecule is COc1ccc2nccc(CC[C@H]3CCCCO3)c2c1. The Hall–Kier alpha value is -1.61. The Morgan fingerprint density at radius 3 is 3.05 bits per heavy atom. The van der Waals surface area contributed by atoms with Gasteiger partial charge >= 0.3 is 0 Å². The van der Waals surface area contributed by atoms with Gasteiger partial charge in [-0.1, -0.05) is 0 Å². The van der Waals surface area contributed by atoms with Gasteiger partial charge in [-0.3, -0.25) is 4.98 Å². The quantitative estimate of drug-likeness (QED) is 0.848. The van der Waals surface area contributed by atoms with Crippen LogP contribution in [0, 0.1) is 0 Å². The second kappa shape index (κ2) is 6.23. The van der Waals surface area contributed by atoms with Crippen LogP contribution >= 0.6 is 0 Å². The number of methoxy groups -OCH3 is 1. The van der Waals surface area contributed by atoms with Crippen molar-refractivity contribution in [1.29, 1.82) is 0 Å². The van der Waals surface area contributed by atoms with Crippen LogP contribution in [0.3, 0.4) is 0 Å². The number of fused-ring (bicyclic) bond motifs is 1. The Balaban J connectivity index is 1.79. The fraction of sp³-hybridized carbons (Fsp3) is 0.471. The van der Waals surface area contributed by atoms with E-state index in [-0.39, 0.29) is 0 Å². The Morgan fingerprint density at radius 2 is 2.25 bits per heavy atom. The van der Waals surface area contributed by atoms with E-state index >= 15 is 0 Å². The third kappa shape index (κ3) is 2.93. The molecule has 1 aromatic heterocycles. The summed E-state index contributed by atoms with van der Waals surface area (Å²) in [5.74, 6) is 0.890. The van der Waals surface area contributed by atoms with Crippen LogP contribution in [0.15, 0.2) is 30.5 Å². The van der Waals surface area contributed by atoms with Crippen molar-refractivity contribution < 1.29 is 9.47 Å². The highest BCUT2D eigenvalue weighted by molar-refractivity contribution is 5.83. The molecule has 1 aliphatic rings. The number of pyridine rings is 1. The highest BCUT2D eigenvalue weighted by atomic mass is 16.5. The average Bonchev–Trinajstić information content (AvgIpc) is 2.53. The van der Waals surface area contributed by atoms with Crippen LogP contribution in [0.25, 0.3) is 10.9 Å². The average molecular weight is 271 g/mol. The standard InChI is InChI=1S/C17H21NO2/c1-19-15-7-8-17-16(12-15)13(9-10-18-17)5-6-14-4-2-3-11-20-14/h7-10,12,14H,2-6,11H2,1H3/t14-/m1/s1. The number of aromatic nitrogens is 1. The molecule has 1 fully saturated rings. The monoisotopic (exact) mass is 271 g/mol. The van der Waals surface area contributed by atoms with Crippen LogP contribution in [0.4, 0.5) is 0 Å². The molecule has 1 aromatic carbocycles. The van der Waals surface area contributed by atoms with Gasteiger partial charge < -0.3 is 9.47 Å². The minimum atomic E-state index is 0.428. The van der Waals surface area contributed by atoms with Crippen molar-refractivity contribution in [2.75, 3.05) is 13.7 Å². The van der Waals surface area contributed by atoms with E-state index in [1.807, 2.05) is 18.3 Å². The number of rotatable bonds is 4. The first-order valence-corrected chi connectivity index (χ1v) is 7.40. The Morgan fingerprint density at radius 1 is 1.30 bits per heavy atom. The first-order valence-electron chi connectivity index (χ1n) is 7.40. The van der Waals surface area contributed by atoms with Crippen molar-refractivity contribution in [2.24, 2.45) is 0 Å². The molecule has 2 heterocycles. The maximum atomic E-state index is 5.82. The molecule has 1 atom stereocenters. The maximum Gasteiger partial charge on any atom is 0.119 e. The van der Waals surface area contributed by atoms with Gasteiger partial charge in [0.1, 0.15) is 5.75 Å². The minimum absolute atomic E-state index is 0.428. The van der Waals surface area contributed by atoms with E-state index < -0.39 is 0 Å². The number of benzene rings is 1. The molecule has 0 aliphatic carbocycles. The van der Waals surface area contributed by atoms with Crippen molar-refractivity contribution in [3.05, 3.63) is 36.0 Å². The molecule has 0 unspecified atom stereocenters. The van der Waals surface area contributed by atoms with Crippen molar-refractivity contribution in [3.63, 3.8) is 0 Å². The van der Waals surface area contributed by atoms with Gasteiger partial charge in [-0.15, -0.1) is 0 Å². The van der Waals surface area contributed by atoms with Crippen LogP contribution in [0.2, 0.25) is 0 Å². The molecule has 2 aromatic rings. The third-order valence-corrected chi connectivity index (χ3v) is 4.05. The number of hydrogen-bond acceptors (Lipinski definition) is 3. The lowest BCUT2D eigenvalue weighted by molar-refractivity contribution is 0.0115. The molecule has 0 N–H and O–H groups in total. The van der Waals surface area contributed by atoms with Gasteiger partial charge in [0.25, 0.3) is 0 Å². The van der Waals surface area contributed by atoms with E-state index in [0.29, 0.717) is 6.10 Å². The first kappa shape index (κ1) is 13.4. The highest BCUT2D eigenvalue weighted by Gasteiger charge is 2.14. The lowest BCUT2D eigenvalue weighted by Crippen LogP contribution is -2.19. The summed E-state index contributed by atoms with van der Waals surface area (Å²) in [4.78, 5) is 4.43. The normalized spacial score (nSPS) is 19.1. The molecule has 3 nitrogen and oxygen atoms in total. The van der Waals surface area contributed by atoms with Gasteiger partial charge in [0, 0.05) is 18.2 Å². The van der Waals surface area contributed by atoms with Crippen molar-refractivity contribution in [1.82, 2.24) is 4.98 Å². The van der Waals surface area contributed by atoms with E-state index in [2.05, 4.69) is 17.1 Å². The largest absolute Gasteiger partial charge is 0.497 e. The molecule has 1 saturated heterocycles. The predicted octanol–water partition coefficient (Wildman–Crippen LogP) is 3.75. The Labute approximate surface area is 119 Å². The van der Waals surface area contributed by atoms with Crippen LogP contribution in [0.5, 0.6) is 5.75 Å². The number of ether oxygens (including phenoxy) is 2. The van der Waals surface area contributed by atoms with Crippen LogP contribution in [0.1, 0.15) is 31.2 Å². The molecule has 0 amide bonds. The van der Waals surface area contributed by atoms with Crippen molar-refractivity contribution in [3.8, 4) is 5.75 Å². The Bertz CT molecular complexity index is 576. The topological polar surface area (TPSA) is 31.4 Å². The second-order valence-corrected chi connectivity index (χ2v) is 5.38. The van der Waals surface area contributed by atoms with Gasteiger partial charge in [0.05, 0.1) is 18.7 Å². The van der Waals surface area contributed by atoms with Crippen LogP contribution in [-0.4, -0.2) is 24.8 Å². The molecule has 3 heteroatoms. The number of hydrogen-bond donors (Lipinski definition) is 0. The van der Waals surface area contributed by atoms with Gasteiger partial charge in [0.15, 0.2) is 0 Å². The Kier molecular flexibility index (Phi) is 4.16. The number of nitrogens with zero attached hydrogens (tertiary/aromatic N) is 1. The van der Waals surface area contributed by atoms with Gasteiger partial charge in [-0.2, -0.15) is 0 Å². The summed E-state index contributed by atoms with van der Waals surface area (Å²) in [6.45, 7) is 0.926. The predicted molar refractivity (Wildman–Crippen MR) is 80.2 cm³/mol. The zero-order valence-electron chi connectivity index (χ0n) is 12.0. The fourth-order valence-electron chi connectivity index (χ4n) is 2.88. The molecule has 0 bridgehead atoms. The first-order chi connectivity index (χ1) is 9.86. The van der Waals surface area contributed by atoms with E-state index in [9.17, 15) is 0 Å². The summed E-state index contributed by atoms with van der Waals surface area (Å²) in [7, 11) is 1.70. The highest BCUT2D eigenvalue weighted by Crippen LogP contribution is 2.25. The minimum Gasteiger partial charge on any atom is -0.497 e. The van der Waals surface area contributed by atoms with E-state index in [4.69, 9.17) is 9.47 Å². The molecular weight excluding hydrogens is 250 g/mol. The van der Waals surface area contributed by atoms with E-state index in [1.165, 1.54) is 30.2 Å². The molecule has 1 aliphatic heterocycles. The van der Waals surface area contributed by atoms with Crippen molar-refractivity contribution in [2.45, 2.75) is 38.2 Å². The molecular formula is C17H21NO2. The smallest absolute Gasteiger partial charge is 0.119 e. The summed E-state index contributed by atoms with van der Waals surface area (Å²) < 4.78 is 11.1. The van der Waals surface area contributed by atoms with Gasteiger partial charge in [-0.05, 0) is 61.9 Å². The molecule has 0 spiro atoms. The summed E-state index contributed by atoms with van der Waals surface area (Å²) in [6, 6.07) is 8.18. The molecule has 0 radical (unpaired) electrons. The van der Waals surface area contributed by atoms with Crippen LogP contribution < -0.4 is 4.74 Å². The van der Waals surface area contributed by atoms with E-state index in [0.717, 1.165) is 30.7 Å². The molecule has 20 heavy (non-hydrogen) atoms. The fourth-order valence-corrected chi connectivity index (χ4v) is 2.88. The van der Waals surface area contributed by atoms with E-state index in [1.54, 1.807) is 7.11 Å². The second-order valence-electron chi connectivity index (χ2n) is 5.38. The lowest BCUT2D eigenvalue weighted by atomic mass is 9.99. The summed E-state index contributed by atoms with van der Waals surface area (Å²) in [5.41, 5.74) is 2.37. The summed E-state index contributed by atoms with van der Waals surface area (Å²) >= 11 is 0. The van der Waals surface area contributed by atoms with Gasteiger partial charge in [0.2, 0.25) is 0 Å². The summed E-state index contributed by atoms with van der Waals surface area (Å²) in [6.07, 6.45) is 8.17. The van der Waals surface area contributed by atoms with Gasteiger partial charge in [-0.25, -0.2) is 0 Å². The lowest BCUT2D eigenvalue weighted by Gasteiger charge is -2.22. The maximum absolute atomic E-state index is 5.82. The molecule has 0 saturated carbocycles. The summed E-state index contributed by atoms with van der Waals surface area (Å²) in [5, 5.41) is 1.20. The molecule has 106 valence electrons. The molecule has 3 rings (SSSR count). The zero-order chi connectivity index (χ0) is 13.8. The zero-order valence-corrected chi connectivity index (χ0v) is 12.0. The number of aryl methyl sites for hydroxylation is 1. The third-order valence-electron chi connectivity index (χ3n) is 4.05. The van der Waals surface area contributed by atoms with Crippen LogP contribution in [-0.2, 0) is 11.2 Å².